The van der Waals surface area contributed by atoms with Gasteiger partial charge in [0.05, 0.1) is 23.5 Å². The number of carboxylic acids is 2. The van der Waals surface area contributed by atoms with Crippen molar-refractivity contribution in [2.24, 2.45) is 5.92 Å². The van der Waals surface area contributed by atoms with Crippen molar-refractivity contribution in [1.29, 1.82) is 0 Å². The molecule has 1 saturated carbocycles. The predicted molar refractivity (Wildman–Crippen MR) is 101 cm³/mol. The van der Waals surface area contributed by atoms with Crippen molar-refractivity contribution in [3.05, 3.63) is 11.6 Å². The zero-order valence-corrected chi connectivity index (χ0v) is 16.0. The molecule has 1 fully saturated rings. The van der Waals surface area contributed by atoms with Crippen molar-refractivity contribution in [3.8, 4) is 0 Å². The smallest absolute Gasteiger partial charge is 0.313 e. The van der Waals surface area contributed by atoms with Gasteiger partial charge in [-0.15, -0.1) is 11.8 Å². The Hall–Kier alpha value is -1.01. The first kappa shape index (κ1) is 22.0. The van der Waals surface area contributed by atoms with Gasteiger partial charge in [-0.05, 0) is 31.6 Å². The Morgan fingerprint density at radius 2 is 1.80 bits per heavy atom. The third-order valence-corrected chi connectivity index (χ3v) is 6.10. The van der Waals surface area contributed by atoms with Gasteiger partial charge in [0, 0.05) is 0 Å². The molecule has 0 saturated heterocycles. The van der Waals surface area contributed by atoms with Crippen molar-refractivity contribution < 1.29 is 24.9 Å². The molecule has 0 spiro atoms. The summed E-state index contributed by atoms with van der Waals surface area (Å²) >= 11 is 1.22. The molecule has 0 heterocycles. The number of hydrogen-bond acceptors (Lipinski definition) is 4. The maximum absolute atomic E-state index is 11.0. The van der Waals surface area contributed by atoms with E-state index in [9.17, 15) is 14.7 Å². The molecular weight excluding hydrogens is 340 g/mol. The van der Waals surface area contributed by atoms with Crippen LogP contribution >= 0.6 is 11.8 Å². The van der Waals surface area contributed by atoms with E-state index in [-0.39, 0.29) is 23.3 Å². The van der Waals surface area contributed by atoms with Crippen LogP contribution in [0.25, 0.3) is 0 Å². The standard InChI is InChI=1S/C19H32O5S/c1-2-3-4-5-6-7-8-9-14-10-11-15(12-16(20)21)18(24)19(14)25-13-17(22)23/h9,15,18-19,24H,2-8,10-13H2,1H3,(H,20,21)(H,22,23). The number of aliphatic hydroxyl groups excluding tert-OH is 1. The number of hydrogen-bond donors (Lipinski definition) is 3. The Morgan fingerprint density at radius 3 is 2.44 bits per heavy atom. The van der Waals surface area contributed by atoms with E-state index < -0.39 is 18.0 Å². The monoisotopic (exact) mass is 372 g/mol. The van der Waals surface area contributed by atoms with Gasteiger partial charge in [0.25, 0.3) is 0 Å². The first-order valence-corrected chi connectivity index (χ1v) is 10.4. The number of unbranched alkanes of at least 4 members (excludes halogenated alkanes) is 6. The molecule has 3 atom stereocenters. The molecule has 1 aliphatic rings. The van der Waals surface area contributed by atoms with Crippen LogP contribution in [-0.4, -0.2) is 44.4 Å². The maximum Gasteiger partial charge on any atom is 0.313 e. The number of allylic oxidation sites excluding steroid dienone is 1. The average Bonchev–Trinajstić information content (AvgIpc) is 2.55. The molecule has 5 nitrogen and oxygen atoms in total. The normalized spacial score (nSPS) is 25.2. The first-order valence-electron chi connectivity index (χ1n) is 9.37. The fourth-order valence-corrected chi connectivity index (χ4v) is 4.55. The largest absolute Gasteiger partial charge is 0.481 e. The van der Waals surface area contributed by atoms with Crippen molar-refractivity contribution in [2.45, 2.75) is 82.5 Å². The molecular formula is C19H32O5S. The SMILES string of the molecule is CCCCCCCCC=C1CCC(CC(=O)O)C(O)C1SCC(=O)O. The molecule has 1 aliphatic carbocycles. The zero-order valence-electron chi connectivity index (χ0n) is 15.2. The molecule has 144 valence electrons. The summed E-state index contributed by atoms with van der Waals surface area (Å²) in [6.07, 6.45) is 11.0. The lowest BCUT2D eigenvalue weighted by Crippen LogP contribution is -2.38. The third-order valence-electron chi connectivity index (χ3n) is 4.75. The van der Waals surface area contributed by atoms with Crippen molar-refractivity contribution in [1.82, 2.24) is 0 Å². The van der Waals surface area contributed by atoms with Gasteiger partial charge < -0.3 is 15.3 Å². The molecule has 0 aromatic carbocycles. The Bertz CT molecular complexity index is 449. The first-order chi connectivity index (χ1) is 12.0. The number of aliphatic hydroxyl groups is 1. The lowest BCUT2D eigenvalue weighted by molar-refractivity contribution is -0.139. The summed E-state index contributed by atoms with van der Waals surface area (Å²) in [5.74, 6) is -2.19. The summed E-state index contributed by atoms with van der Waals surface area (Å²) in [7, 11) is 0. The predicted octanol–water partition coefficient (Wildman–Crippen LogP) is 4.10. The summed E-state index contributed by atoms with van der Waals surface area (Å²) in [4.78, 5) is 21.8. The Kier molecular flexibility index (Phi) is 10.9. The van der Waals surface area contributed by atoms with E-state index >= 15 is 0 Å². The minimum atomic E-state index is -0.912. The molecule has 3 N–H and O–H groups in total. The van der Waals surface area contributed by atoms with E-state index in [0.717, 1.165) is 24.8 Å². The number of thioether (sulfide) groups is 1. The quantitative estimate of drug-likeness (QED) is 0.353. The minimum Gasteiger partial charge on any atom is -0.481 e. The van der Waals surface area contributed by atoms with Crippen LogP contribution in [0.2, 0.25) is 0 Å². The van der Waals surface area contributed by atoms with E-state index in [2.05, 4.69) is 13.0 Å². The van der Waals surface area contributed by atoms with Crippen molar-refractivity contribution in [2.75, 3.05) is 5.75 Å². The van der Waals surface area contributed by atoms with Crippen LogP contribution in [-0.2, 0) is 9.59 Å². The van der Waals surface area contributed by atoms with Crippen molar-refractivity contribution in [3.63, 3.8) is 0 Å². The van der Waals surface area contributed by atoms with Gasteiger partial charge in [0.2, 0.25) is 0 Å². The molecule has 3 unspecified atom stereocenters. The zero-order chi connectivity index (χ0) is 18.7. The van der Waals surface area contributed by atoms with Crippen LogP contribution in [0.15, 0.2) is 11.6 Å². The second kappa shape index (κ2) is 12.4. The van der Waals surface area contributed by atoms with E-state index in [0.29, 0.717) is 6.42 Å². The van der Waals surface area contributed by atoms with Gasteiger partial charge in [-0.2, -0.15) is 0 Å². The lowest BCUT2D eigenvalue weighted by atomic mass is 9.80. The Balaban J connectivity index is 2.57. The molecule has 25 heavy (non-hydrogen) atoms. The van der Waals surface area contributed by atoms with Crippen LogP contribution in [0.5, 0.6) is 0 Å². The average molecular weight is 373 g/mol. The van der Waals surface area contributed by atoms with E-state index in [1.807, 2.05) is 0 Å². The van der Waals surface area contributed by atoms with Gasteiger partial charge >= 0.3 is 11.9 Å². The molecule has 0 aromatic rings. The molecule has 6 heteroatoms. The molecule has 0 aliphatic heterocycles. The second-order valence-electron chi connectivity index (χ2n) is 6.85. The summed E-state index contributed by atoms with van der Waals surface area (Å²) < 4.78 is 0. The number of carboxylic acid groups (broad SMARTS) is 2. The Morgan fingerprint density at radius 1 is 1.12 bits per heavy atom. The van der Waals surface area contributed by atoms with Gasteiger partial charge in [-0.25, -0.2) is 0 Å². The fourth-order valence-electron chi connectivity index (χ4n) is 3.38. The minimum absolute atomic E-state index is 0.0595. The highest BCUT2D eigenvalue weighted by molar-refractivity contribution is 8.00. The molecule has 0 radical (unpaired) electrons. The lowest BCUT2D eigenvalue weighted by Gasteiger charge is -2.36. The van der Waals surface area contributed by atoms with Crippen LogP contribution in [0.1, 0.15) is 71.1 Å². The number of aliphatic carboxylic acids is 2. The van der Waals surface area contributed by atoms with Crippen LogP contribution < -0.4 is 0 Å². The second-order valence-corrected chi connectivity index (χ2v) is 7.98. The topological polar surface area (TPSA) is 94.8 Å². The van der Waals surface area contributed by atoms with Crippen LogP contribution in [0.3, 0.4) is 0 Å². The number of carbonyl (C=O) groups is 2. The fraction of sp³-hybridized carbons (Fsp3) is 0.789. The molecule has 0 bridgehead atoms. The maximum atomic E-state index is 11.0. The highest BCUT2D eigenvalue weighted by Crippen LogP contribution is 2.38. The highest BCUT2D eigenvalue weighted by Gasteiger charge is 2.36. The summed E-state index contributed by atoms with van der Waals surface area (Å²) in [6, 6.07) is 0. The Labute approximate surface area is 154 Å². The molecule has 1 rings (SSSR count). The summed E-state index contributed by atoms with van der Waals surface area (Å²) in [6.45, 7) is 2.20. The van der Waals surface area contributed by atoms with Gasteiger partial charge in [0.1, 0.15) is 0 Å². The van der Waals surface area contributed by atoms with E-state index in [1.165, 1.54) is 43.9 Å². The van der Waals surface area contributed by atoms with Crippen LogP contribution in [0.4, 0.5) is 0 Å². The van der Waals surface area contributed by atoms with Gasteiger partial charge in [-0.3, -0.25) is 9.59 Å². The third kappa shape index (κ3) is 8.77. The van der Waals surface area contributed by atoms with Crippen molar-refractivity contribution >= 4 is 23.7 Å². The van der Waals surface area contributed by atoms with Gasteiger partial charge in [0.15, 0.2) is 0 Å². The molecule has 0 amide bonds. The highest BCUT2D eigenvalue weighted by atomic mass is 32.2. The molecule has 0 aromatic heterocycles. The van der Waals surface area contributed by atoms with E-state index in [1.54, 1.807) is 0 Å². The van der Waals surface area contributed by atoms with Gasteiger partial charge in [-0.1, -0.05) is 50.7 Å². The number of rotatable bonds is 12. The van der Waals surface area contributed by atoms with E-state index in [4.69, 9.17) is 10.2 Å². The summed E-state index contributed by atoms with van der Waals surface area (Å²) in [5.41, 5.74) is 1.09. The van der Waals surface area contributed by atoms with Crippen LogP contribution in [0, 0.1) is 5.92 Å². The summed E-state index contributed by atoms with van der Waals surface area (Å²) in [5, 5.41) is 28.2.